The summed E-state index contributed by atoms with van der Waals surface area (Å²) in [5.74, 6) is 0.0175. The normalized spacial score (nSPS) is 17.1. The van der Waals surface area contributed by atoms with Gasteiger partial charge in [-0.05, 0) is 25.0 Å². The molecule has 1 N–H and O–H groups in total. The largest absolute Gasteiger partial charge is 0.381 e. The second-order valence-corrected chi connectivity index (χ2v) is 6.81. The van der Waals surface area contributed by atoms with Crippen molar-refractivity contribution in [2.45, 2.75) is 22.5 Å². The van der Waals surface area contributed by atoms with Gasteiger partial charge in [-0.25, -0.2) is 0 Å². The van der Waals surface area contributed by atoms with Gasteiger partial charge in [0.15, 0.2) is 0 Å². The number of rotatable bonds is 5. The molecule has 0 atom stereocenters. The summed E-state index contributed by atoms with van der Waals surface area (Å²) in [6.07, 6.45) is 3.28. The monoisotopic (exact) mass is 318 g/mol. The lowest BCUT2D eigenvalue weighted by atomic mass is 9.99. The van der Waals surface area contributed by atoms with Crippen LogP contribution in [-0.4, -0.2) is 35.6 Å². The van der Waals surface area contributed by atoms with Crippen molar-refractivity contribution < 1.29 is 14.1 Å². The van der Waals surface area contributed by atoms with Gasteiger partial charge in [0.25, 0.3) is 5.91 Å². The molecule has 1 aliphatic rings. The fourth-order valence-electron chi connectivity index (χ4n) is 2.46. The van der Waals surface area contributed by atoms with Crippen LogP contribution in [0.15, 0.2) is 52.0 Å². The van der Waals surface area contributed by atoms with E-state index in [1.54, 1.807) is 6.07 Å². The van der Waals surface area contributed by atoms with Crippen LogP contribution in [0.25, 0.3) is 0 Å². The SMILES string of the molecule is O=C(NCC1(Sc2ccccc2)CCOCC1)c1ccno1. The van der Waals surface area contributed by atoms with Crippen molar-refractivity contribution in [3.63, 3.8) is 0 Å². The van der Waals surface area contributed by atoms with Crippen molar-refractivity contribution in [2.75, 3.05) is 19.8 Å². The van der Waals surface area contributed by atoms with Gasteiger partial charge in [-0.1, -0.05) is 23.4 Å². The summed E-state index contributed by atoms with van der Waals surface area (Å²) < 4.78 is 10.3. The van der Waals surface area contributed by atoms with E-state index >= 15 is 0 Å². The van der Waals surface area contributed by atoms with Crippen LogP contribution in [0, 0.1) is 0 Å². The van der Waals surface area contributed by atoms with E-state index in [0.29, 0.717) is 6.54 Å². The highest BCUT2D eigenvalue weighted by Gasteiger charge is 2.34. The summed E-state index contributed by atoms with van der Waals surface area (Å²) in [7, 11) is 0. The zero-order valence-corrected chi connectivity index (χ0v) is 13.0. The van der Waals surface area contributed by atoms with Crippen LogP contribution in [0.5, 0.6) is 0 Å². The molecule has 5 nitrogen and oxygen atoms in total. The van der Waals surface area contributed by atoms with Crippen molar-refractivity contribution >= 4 is 17.7 Å². The number of nitrogens with zero attached hydrogens (tertiary/aromatic N) is 1. The Morgan fingerprint density at radius 1 is 1.23 bits per heavy atom. The van der Waals surface area contributed by atoms with E-state index in [4.69, 9.17) is 9.26 Å². The van der Waals surface area contributed by atoms with Gasteiger partial charge in [-0.3, -0.25) is 4.79 Å². The molecule has 116 valence electrons. The van der Waals surface area contributed by atoms with Crippen LogP contribution in [-0.2, 0) is 4.74 Å². The van der Waals surface area contributed by atoms with Crippen molar-refractivity contribution in [1.29, 1.82) is 0 Å². The van der Waals surface area contributed by atoms with E-state index in [-0.39, 0.29) is 16.4 Å². The Labute approximate surface area is 133 Å². The van der Waals surface area contributed by atoms with Crippen LogP contribution in [0.4, 0.5) is 0 Å². The highest BCUT2D eigenvalue weighted by molar-refractivity contribution is 8.00. The number of carbonyl (C=O) groups is 1. The summed E-state index contributed by atoms with van der Waals surface area (Å²) >= 11 is 1.81. The number of ether oxygens (including phenoxy) is 1. The third-order valence-electron chi connectivity index (χ3n) is 3.71. The van der Waals surface area contributed by atoms with Gasteiger partial charge in [-0.15, -0.1) is 11.8 Å². The lowest BCUT2D eigenvalue weighted by Gasteiger charge is -2.36. The Balaban J connectivity index is 1.68. The number of amides is 1. The van der Waals surface area contributed by atoms with Crippen molar-refractivity contribution in [2.24, 2.45) is 0 Å². The molecule has 1 aliphatic heterocycles. The Kier molecular flexibility index (Phi) is 4.80. The number of nitrogens with one attached hydrogen (secondary N) is 1. The lowest BCUT2D eigenvalue weighted by molar-refractivity contribution is 0.0733. The molecule has 0 unspecified atom stereocenters. The highest BCUT2D eigenvalue weighted by Crippen LogP contribution is 2.40. The van der Waals surface area contributed by atoms with Gasteiger partial charge < -0.3 is 14.6 Å². The summed E-state index contributed by atoms with van der Waals surface area (Å²) in [6, 6.07) is 11.8. The molecule has 2 heterocycles. The van der Waals surface area contributed by atoms with Gasteiger partial charge >= 0.3 is 0 Å². The number of carbonyl (C=O) groups excluding carboxylic acids is 1. The Morgan fingerprint density at radius 2 is 2.00 bits per heavy atom. The van der Waals surface area contributed by atoms with Crippen molar-refractivity contribution in [1.82, 2.24) is 10.5 Å². The second-order valence-electron chi connectivity index (χ2n) is 5.27. The number of aromatic nitrogens is 1. The third kappa shape index (κ3) is 3.69. The minimum absolute atomic E-state index is 0.0463. The molecule has 0 bridgehead atoms. The maximum atomic E-state index is 12.1. The molecule has 1 amide bonds. The quantitative estimate of drug-likeness (QED) is 0.918. The van der Waals surface area contributed by atoms with E-state index in [0.717, 1.165) is 26.1 Å². The third-order valence-corrected chi connectivity index (χ3v) is 5.21. The molecule has 6 heteroatoms. The molecular formula is C16H18N2O3S. The molecule has 1 aromatic carbocycles. The van der Waals surface area contributed by atoms with Gasteiger partial charge in [0, 0.05) is 35.5 Å². The first-order valence-electron chi connectivity index (χ1n) is 7.28. The lowest BCUT2D eigenvalue weighted by Crippen LogP contribution is -2.44. The number of benzene rings is 1. The first-order chi connectivity index (χ1) is 10.8. The van der Waals surface area contributed by atoms with E-state index < -0.39 is 0 Å². The predicted octanol–water partition coefficient (Wildman–Crippen LogP) is 2.75. The predicted molar refractivity (Wildman–Crippen MR) is 83.9 cm³/mol. The molecule has 22 heavy (non-hydrogen) atoms. The highest BCUT2D eigenvalue weighted by atomic mass is 32.2. The Bertz CT molecular complexity index is 595. The average molecular weight is 318 g/mol. The van der Waals surface area contributed by atoms with Gasteiger partial charge in [0.1, 0.15) is 0 Å². The van der Waals surface area contributed by atoms with Crippen LogP contribution in [0.2, 0.25) is 0 Å². The molecule has 0 aliphatic carbocycles. The molecule has 3 rings (SSSR count). The average Bonchev–Trinajstić information content (AvgIpc) is 3.09. The summed E-state index contributed by atoms with van der Waals surface area (Å²) in [5, 5.41) is 6.53. The minimum atomic E-state index is -0.225. The molecule has 0 spiro atoms. The van der Waals surface area contributed by atoms with Gasteiger partial charge in [0.05, 0.1) is 6.20 Å². The molecule has 0 radical (unpaired) electrons. The fourth-order valence-corrected chi connectivity index (χ4v) is 3.77. The zero-order chi connectivity index (χ0) is 15.3. The van der Waals surface area contributed by atoms with Crippen molar-refractivity contribution in [3.8, 4) is 0 Å². The van der Waals surface area contributed by atoms with E-state index in [9.17, 15) is 4.79 Å². The fraction of sp³-hybridized carbons (Fsp3) is 0.375. The number of thioether (sulfide) groups is 1. The molecule has 1 saturated heterocycles. The summed E-state index contributed by atoms with van der Waals surface area (Å²) in [5.41, 5.74) is 0. The van der Waals surface area contributed by atoms with Crippen LogP contribution in [0.1, 0.15) is 23.4 Å². The topological polar surface area (TPSA) is 64.4 Å². The zero-order valence-electron chi connectivity index (χ0n) is 12.2. The summed E-state index contributed by atoms with van der Waals surface area (Å²) in [6.45, 7) is 2.02. The van der Waals surface area contributed by atoms with E-state index in [1.165, 1.54) is 11.1 Å². The molecule has 0 saturated carbocycles. The first-order valence-corrected chi connectivity index (χ1v) is 8.10. The van der Waals surface area contributed by atoms with Crippen LogP contribution in [0.3, 0.4) is 0 Å². The summed E-state index contributed by atoms with van der Waals surface area (Å²) in [4.78, 5) is 13.3. The van der Waals surface area contributed by atoms with Gasteiger partial charge in [-0.2, -0.15) is 0 Å². The van der Waals surface area contributed by atoms with Crippen molar-refractivity contribution in [3.05, 3.63) is 48.4 Å². The number of hydrogen-bond acceptors (Lipinski definition) is 5. The molecule has 2 aromatic rings. The second kappa shape index (κ2) is 6.98. The molecule has 1 fully saturated rings. The van der Waals surface area contributed by atoms with Crippen LogP contribution >= 0.6 is 11.8 Å². The minimum Gasteiger partial charge on any atom is -0.381 e. The first kappa shape index (κ1) is 15.1. The molecule has 1 aromatic heterocycles. The maximum absolute atomic E-state index is 12.1. The van der Waals surface area contributed by atoms with Gasteiger partial charge in [0.2, 0.25) is 5.76 Å². The Morgan fingerprint density at radius 3 is 2.68 bits per heavy atom. The Hall–Kier alpha value is -1.79. The maximum Gasteiger partial charge on any atom is 0.289 e. The molecular weight excluding hydrogens is 300 g/mol. The van der Waals surface area contributed by atoms with Crippen LogP contribution < -0.4 is 5.32 Å². The van der Waals surface area contributed by atoms with E-state index in [2.05, 4.69) is 22.6 Å². The smallest absolute Gasteiger partial charge is 0.289 e. The number of hydrogen-bond donors (Lipinski definition) is 1. The standard InChI is InChI=1S/C16H18N2O3S/c19-15(14-6-9-18-21-14)17-12-16(7-10-20-11-8-16)22-13-4-2-1-3-5-13/h1-6,9H,7-8,10-12H2,(H,17,19). The van der Waals surface area contributed by atoms with E-state index in [1.807, 2.05) is 30.0 Å².